The van der Waals surface area contributed by atoms with Gasteiger partial charge < -0.3 is 19.7 Å². The molecule has 0 aliphatic carbocycles. The van der Waals surface area contributed by atoms with Gasteiger partial charge in [-0.3, -0.25) is 9.69 Å². The van der Waals surface area contributed by atoms with Crippen LogP contribution < -0.4 is 15.2 Å². The fraction of sp³-hybridized carbons (Fsp3) is 0.500. The predicted molar refractivity (Wildman–Crippen MR) is 102 cm³/mol. The quantitative estimate of drug-likeness (QED) is 0.327. The van der Waals surface area contributed by atoms with E-state index in [1.165, 1.54) is 12.1 Å². The van der Waals surface area contributed by atoms with Crippen molar-refractivity contribution in [1.82, 2.24) is 10.6 Å². The first-order valence-corrected chi connectivity index (χ1v) is 11.4. The summed E-state index contributed by atoms with van der Waals surface area (Å²) < 4.78 is 21.3. The third-order valence-corrected chi connectivity index (χ3v) is 7.01. The van der Waals surface area contributed by atoms with Crippen LogP contribution in [0.15, 0.2) is 24.3 Å². The average Bonchev–Trinajstić information content (AvgIpc) is 3.12. The molecule has 11 heteroatoms. The van der Waals surface area contributed by atoms with Gasteiger partial charge in [0.25, 0.3) is 0 Å². The van der Waals surface area contributed by atoms with Gasteiger partial charge in [0, 0.05) is 17.4 Å². The molecule has 0 radical (unpaired) electrons. The summed E-state index contributed by atoms with van der Waals surface area (Å²) in [5.74, 6) is 0.0435. The van der Waals surface area contributed by atoms with Crippen LogP contribution in [0.2, 0.25) is 5.02 Å². The molecule has 0 bridgehead atoms. The number of phosphoric ester groups is 1. The van der Waals surface area contributed by atoms with Gasteiger partial charge in [0.15, 0.2) is 5.75 Å². The highest BCUT2D eigenvalue weighted by molar-refractivity contribution is 8.00. The fourth-order valence-electron chi connectivity index (χ4n) is 3.09. The minimum absolute atomic E-state index is 0.00647. The number of carbonyl (C=O) groups excluding carboxylic acids is 2. The summed E-state index contributed by atoms with van der Waals surface area (Å²) in [5.41, 5.74) is 0. The van der Waals surface area contributed by atoms with E-state index in [-0.39, 0.29) is 35.3 Å². The van der Waals surface area contributed by atoms with Crippen LogP contribution >= 0.6 is 31.2 Å². The number of halogens is 1. The van der Waals surface area contributed by atoms with Gasteiger partial charge in [-0.15, -0.1) is 0 Å². The van der Waals surface area contributed by atoms with Gasteiger partial charge in [0.1, 0.15) is 0 Å². The van der Waals surface area contributed by atoms with Gasteiger partial charge in [-0.2, -0.15) is 11.8 Å². The number of para-hydroxylation sites is 1. The number of amides is 2. The maximum atomic E-state index is 11.9. The molecule has 2 aliphatic heterocycles. The number of urea groups is 1. The molecule has 1 aromatic rings. The lowest BCUT2D eigenvalue weighted by Crippen LogP contribution is -2.36. The zero-order valence-corrected chi connectivity index (χ0v) is 16.8. The van der Waals surface area contributed by atoms with Crippen molar-refractivity contribution in [3.8, 4) is 5.75 Å². The predicted octanol–water partition coefficient (Wildman–Crippen LogP) is 3.09. The Labute approximate surface area is 165 Å². The molecule has 8 nitrogen and oxygen atoms in total. The number of thioether (sulfide) groups is 1. The number of fused-ring (bicyclic) bond motifs is 1. The summed E-state index contributed by atoms with van der Waals surface area (Å²) in [6.45, 7) is 0. The van der Waals surface area contributed by atoms with Crippen LogP contribution in [-0.4, -0.2) is 40.0 Å². The van der Waals surface area contributed by atoms with Crippen LogP contribution in [-0.2, 0) is 13.9 Å². The van der Waals surface area contributed by atoms with E-state index in [2.05, 4.69) is 15.2 Å². The maximum Gasteiger partial charge on any atom is 0.587 e. The Kier molecular flexibility index (Phi) is 6.57. The van der Waals surface area contributed by atoms with E-state index >= 15 is 0 Å². The molecule has 3 N–H and O–H groups in total. The van der Waals surface area contributed by atoms with Gasteiger partial charge in [-0.05, 0) is 25.0 Å². The van der Waals surface area contributed by atoms with Crippen molar-refractivity contribution in [2.75, 3.05) is 5.75 Å². The van der Waals surface area contributed by atoms with Crippen molar-refractivity contribution in [2.45, 2.75) is 43.0 Å². The van der Waals surface area contributed by atoms with Crippen LogP contribution in [0.25, 0.3) is 0 Å². The third-order valence-electron chi connectivity index (χ3n) is 4.33. The molecule has 2 aliphatic rings. The largest absolute Gasteiger partial charge is 0.587 e. The summed E-state index contributed by atoms with van der Waals surface area (Å²) in [6.07, 6.45) is 2.11. The van der Waals surface area contributed by atoms with E-state index in [0.29, 0.717) is 11.7 Å². The first-order chi connectivity index (χ1) is 12.8. The van der Waals surface area contributed by atoms with Crippen LogP contribution in [0.1, 0.15) is 25.7 Å². The van der Waals surface area contributed by atoms with Gasteiger partial charge in [-0.1, -0.05) is 30.2 Å². The molecular formula is C16H20ClN2O6PS. The lowest BCUT2D eigenvalue weighted by molar-refractivity contribution is -0.135. The van der Waals surface area contributed by atoms with E-state index < -0.39 is 13.8 Å². The Hall–Kier alpha value is -1.41. The lowest BCUT2D eigenvalue weighted by atomic mass is 10.0. The summed E-state index contributed by atoms with van der Waals surface area (Å²) >= 11 is 7.65. The van der Waals surface area contributed by atoms with Crippen molar-refractivity contribution >= 4 is 43.2 Å². The standard InChI is InChI=1S/C16H20ClN2O6PS/c17-10-5-1-2-6-12(10)24-26(22,23)25-14(20)8-4-3-7-13-15-11(9-27-13)18-16(21)19-15/h1-2,5-6,11,13,15H,3-4,7-9H2,(H,22,23)(H2,18,19,21)/t11-,13-,15-/m0/s1. The van der Waals surface area contributed by atoms with Crippen LogP contribution in [0, 0.1) is 0 Å². The zero-order valence-electron chi connectivity index (χ0n) is 14.3. The highest BCUT2D eigenvalue weighted by Crippen LogP contribution is 2.46. The van der Waals surface area contributed by atoms with Gasteiger partial charge in [0.2, 0.25) is 0 Å². The first-order valence-electron chi connectivity index (χ1n) is 8.52. The Morgan fingerprint density at radius 2 is 2.11 bits per heavy atom. The van der Waals surface area contributed by atoms with E-state index in [0.717, 1.165) is 18.6 Å². The number of benzene rings is 1. The molecule has 2 saturated heterocycles. The molecule has 27 heavy (non-hydrogen) atoms. The molecule has 148 valence electrons. The number of phosphoric acid groups is 1. The van der Waals surface area contributed by atoms with E-state index in [4.69, 9.17) is 16.1 Å². The smallest absolute Gasteiger partial charge is 0.394 e. The molecule has 4 atom stereocenters. The second-order valence-electron chi connectivity index (χ2n) is 6.32. The molecule has 2 amide bonds. The van der Waals surface area contributed by atoms with E-state index in [1.54, 1.807) is 23.9 Å². The number of nitrogens with one attached hydrogen (secondary N) is 2. The third kappa shape index (κ3) is 5.54. The molecule has 0 aromatic heterocycles. The van der Waals surface area contributed by atoms with Crippen LogP contribution in [0.3, 0.4) is 0 Å². The number of hydrogen-bond acceptors (Lipinski definition) is 6. The fourth-order valence-corrected chi connectivity index (χ4v) is 5.66. The molecule has 0 saturated carbocycles. The highest BCUT2D eigenvalue weighted by atomic mass is 35.5. The van der Waals surface area contributed by atoms with Crippen molar-refractivity contribution < 1.29 is 28.1 Å². The first kappa shape index (κ1) is 20.3. The molecule has 1 aromatic carbocycles. The van der Waals surface area contributed by atoms with E-state index in [9.17, 15) is 19.0 Å². The Morgan fingerprint density at radius 1 is 1.33 bits per heavy atom. The Bertz CT molecular complexity index is 766. The maximum absolute atomic E-state index is 11.9. The molecule has 2 fully saturated rings. The zero-order chi connectivity index (χ0) is 19.4. The molecule has 3 rings (SSSR count). The second kappa shape index (κ2) is 8.73. The number of rotatable bonds is 8. The van der Waals surface area contributed by atoms with Crippen molar-refractivity contribution in [3.05, 3.63) is 29.3 Å². The van der Waals surface area contributed by atoms with Gasteiger partial charge in [-0.25, -0.2) is 9.36 Å². The SMILES string of the molecule is O=C1N[C@H]2[C@H](CS[C@H]2CCCCC(=O)OP(=O)(O)Oc2ccccc2Cl)N1. The van der Waals surface area contributed by atoms with Crippen molar-refractivity contribution in [1.29, 1.82) is 0 Å². The summed E-state index contributed by atoms with van der Waals surface area (Å²) in [4.78, 5) is 32.9. The molecule has 1 unspecified atom stereocenters. The summed E-state index contributed by atoms with van der Waals surface area (Å²) in [6, 6.07) is 6.28. The summed E-state index contributed by atoms with van der Waals surface area (Å²) in [5, 5.41) is 6.24. The lowest BCUT2D eigenvalue weighted by Gasteiger charge is -2.16. The number of carbonyl (C=O) groups is 2. The molecular weight excluding hydrogens is 415 g/mol. The minimum Gasteiger partial charge on any atom is -0.394 e. The Morgan fingerprint density at radius 3 is 2.89 bits per heavy atom. The van der Waals surface area contributed by atoms with Crippen LogP contribution in [0.5, 0.6) is 5.75 Å². The van der Waals surface area contributed by atoms with Gasteiger partial charge >= 0.3 is 19.8 Å². The normalized spacial score (nSPS) is 25.9. The highest BCUT2D eigenvalue weighted by Gasteiger charge is 2.42. The monoisotopic (exact) mass is 434 g/mol. The number of unbranched alkanes of at least 4 members (excludes halogenated alkanes) is 1. The van der Waals surface area contributed by atoms with Crippen molar-refractivity contribution in [2.24, 2.45) is 0 Å². The minimum atomic E-state index is -4.58. The molecule has 0 spiro atoms. The summed E-state index contributed by atoms with van der Waals surface area (Å²) in [7, 11) is -4.58. The Balaban J connectivity index is 1.37. The molecule has 2 heterocycles. The average molecular weight is 435 g/mol. The van der Waals surface area contributed by atoms with Crippen molar-refractivity contribution in [3.63, 3.8) is 0 Å². The topological polar surface area (TPSA) is 114 Å². The second-order valence-corrected chi connectivity index (χ2v) is 9.30. The van der Waals surface area contributed by atoms with Crippen LogP contribution in [0.4, 0.5) is 4.79 Å². The van der Waals surface area contributed by atoms with Gasteiger partial charge in [0.05, 0.1) is 17.1 Å². The number of hydrogen-bond donors (Lipinski definition) is 3. The van der Waals surface area contributed by atoms with E-state index in [1.807, 2.05) is 0 Å².